The van der Waals surface area contributed by atoms with Gasteiger partial charge in [-0.15, -0.1) is 0 Å². The van der Waals surface area contributed by atoms with E-state index >= 15 is 0 Å². The minimum atomic E-state index is -0.336. The number of rotatable bonds is 2. The second-order valence-electron chi connectivity index (χ2n) is 4.23. The van der Waals surface area contributed by atoms with Crippen molar-refractivity contribution in [2.45, 2.75) is 0 Å². The maximum absolute atomic E-state index is 13.3. The second kappa shape index (κ2) is 5.06. The summed E-state index contributed by atoms with van der Waals surface area (Å²) in [5.41, 5.74) is 1.27. The van der Waals surface area contributed by atoms with Gasteiger partial charge in [-0.3, -0.25) is 0 Å². The van der Waals surface area contributed by atoms with Crippen LogP contribution in [0.15, 0.2) is 42.5 Å². The number of ether oxygens (including phenoxy) is 1. The van der Waals surface area contributed by atoms with Crippen LogP contribution in [0.2, 0.25) is 5.15 Å². The monoisotopic (exact) mass is 288 g/mol. The van der Waals surface area contributed by atoms with E-state index in [2.05, 4.69) is 9.97 Å². The van der Waals surface area contributed by atoms with E-state index in [-0.39, 0.29) is 5.82 Å². The lowest BCUT2D eigenvalue weighted by atomic mass is 10.2. The van der Waals surface area contributed by atoms with Crippen LogP contribution in [0.3, 0.4) is 0 Å². The number of nitrogens with zero attached hydrogens (tertiary/aromatic N) is 2. The van der Waals surface area contributed by atoms with Gasteiger partial charge in [-0.05, 0) is 30.3 Å². The quantitative estimate of drug-likeness (QED) is 0.666. The van der Waals surface area contributed by atoms with Crippen molar-refractivity contribution in [1.29, 1.82) is 0 Å². The third-order valence-corrected chi connectivity index (χ3v) is 3.23. The number of aromatic nitrogens is 2. The van der Waals surface area contributed by atoms with Crippen molar-refractivity contribution in [3.63, 3.8) is 0 Å². The fourth-order valence-corrected chi connectivity index (χ4v) is 2.19. The van der Waals surface area contributed by atoms with Crippen LogP contribution in [0.5, 0.6) is 5.75 Å². The summed E-state index contributed by atoms with van der Waals surface area (Å²) in [5.74, 6) is 0.741. The molecule has 1 aromatic heterocycles. The molecule has 3 nitrogen and oxygen atoms in total. The molecule has 0 fully saturated rings. The van der Waals surface area contributed by atoms with E-state index in [1.54, 1.807) is 37.4 Å². The normalized spacial score (nSPS) is 10.8. The zero-order valence-electron chi connectivity index (χ0n) is 10.6. The fraction of sp³-hybridized carbons (Fsp3) is 0.0667. The Hall–Kier alpha value is -2.20. The average molecular weight is 289 g/mol. The van der Waals surface area contributed by atoms with Crippen molar-refractivity contribution in [3.05, 3.63) is 53.4 Å². The number of hydrogen-bond donors (Lipinski definition) is 0. The molecule has 1 heterocycles. The predicted molar refractivity (Wildman–Crippen MR) is 76.5 cm³/mol. The Balaban J connectivity index is 2.19. The van der Waals surface area contributed by atoms with E-state index in [0.717, 1.165) is 0 Å². The van der Waals surface area contributed by atoms with Crippen LogP contribution in [-0.4, -0.2) is 17.1 Å². The van der Waals surface area contributed by atoms with E-state index in [1.165, 1.54) is 12.1 Å². The molecule has 2 aromatic carbocycles. The van der Waals surface area contributed by atoms with Gasteiger partial charge < -0.3 is 4.74 Å². The van der Waals surface area contributed by atoms with Gasteiger partial charge in [-0.1, -0.05) is 23.7 Å². The van der Waals surface area contributed by atoms with Crippen LogP contribution in [0.1, 0.15) is 0 Å². The molecule has 0 amide bonds. The highest BCUT2D eigenvalue weighted by molar-refractivity contribution is 6.34. The minimum absolute atomic E-state index is 0.313. The Morgan fingerprint density at radius 2 is 1.95 bits per heavy atom. The summed E-state index contributed by atoms with van der Waals surface area (Å²) >= 11 is 6.18. The van der Waals surface area contributed by atoms with E-state index in [9.17, 15) is 4.39 Å². The minimum Gasteiger partial charge on any atom is -0.497 e. The highest BCUT2D eigenvalue weighted by atomic mass is 35.5. The van der Waals surface area contributed by atoms with Gasteiger partial charge in [0.15, 0.2) is 5.82 Å². The molecule has 20 heavy (non-hydrogen) atoms. The molecule has 0 bridgehead atoms. The summed E-state index contributed by atoms with van der Waals surface area (Å²) in [7, 11) is 1.58. The summed E-state index contributed by atoms with van der Waals surface area (Å²) in [6.07, 6.45) is 0. The molecule has 0 radical (unpaired) electrons. The summed E-state index contributed by atoms with van der Waals surface area (Å²) in [6.45, 7) is 0. The van der Waals surface area contributed by atoms with Gasteiger partial charge in [0.2, 0.25) is 0 Å². The Morgan fingerprint density at radius 3 is 2.70 bits per heavy atom. The van der Waals surface area contributed by atoms with Gasteiger partial charge in [0.1, 0.15) is 16.7 Å². The van der Waals surface area contributed by atoms with Crippen molar-refractivity contribution in [1.82, 2.24) is 9.97 Å². The molecule has 0 N–H and O–H groups in total. The topological polar surface area (TPSA) is 35.0 Å². The Labute approximate surface area is 120 Å². The lowest BCUT2D eigenvalue weighted by Crippen LogP contribution is -1.93. The summed E-state index contributed by atoms with van der Waals surface area (Å²) in [4.78, 5) is 8.63. The maximum atomic E-state index is 13.3. The third-order valence-electron chi connectivity index (χ3n) is 2.94. The van der Waals surface area contributed by atoms with Gasteiger partial charge >= 0.3 is 0 Å². The Kier molecular flexibility index (Phi) is 3.24. The first-order valence-corrected chi connectivity index (χ1v) is 6.32. The molecular formula is C15H10ClFN2O. The number of benzene rings is 2. The van der Waals surface area contributed by atoms with Crippen molar-refractivity contribution in [2.75, 3.05) is 7.11 Å². The van der Waals surface area contributed by atoms with Crippen molar-refractivity contribution in [2.24, 2.45) is 0 Å². The van der Waals surface area contributed by atoms with Gasteiger partial charge in [0.05, 0.1) is 12.6 Å². The van der Waals surface area contributed by atoms with Gasteiger partial charge in [0, 0.05) is 10.9 Å². The Morgan fingerprint density at radius 1 is 1.10 bits per heavy atom. The van der Waals surface area contributed by atoms with Gasteiger partial charge in [-0.2, -0.15) is 0 Å². The third kappa shape index (κ3) is 2.30. The Bertz CT molecular complexity index is 792. The molecule has 0 atom stereocenters. The van der Waals surface area contributed by atoms with Crippen LogP contribution in [0, 0.1) is 5.82 Å². The van der Waals surface area contributed by atoms with Crippen molar-refractivity contribution in [3.8, 4) is 17.1 Å². The van der Waals surface area contributed by atoms with E-state index in [0.29, 0.717) is 33.2 Å². The lowest BCUT2D eigenvalue weighted by Gasteiger charge is -2.06. The zero-order chi connectivity index (χ0) is 14.1. The maximum Gasteiger partial charge on any atom is 0.161 e. The molecule has 3 rings (SSSR count). The highest BCUT2D eigenvalue weighted by Gasteiger charge is 2.09. The van der Waals surface area contributed by atoms with Crippen LogP contribution in [0.25, 0.3) is 22.3 Å². The molecule has 0 unspecified atom stereocenters. The van der Waals surface area contributed by atoms with Gasteiger partial charge in [0.25, 0.3) is 0 Å². The molecule has 100 valence electrons. The number of methoxy groups -OCH3 is 1. The van der Waals surface area contributed by atoms with Gasteiger partial charge in [-0.25, -0.2) is 14.4 Å². The van der Waals surface area contributed by atoms with Crippen molar-refractivity contribution < 1.29 is 9.13 Å². The molecule has 0 aliphatic rings. The second-order valence-corrected chi connectivity index (χ2v) is 4.59. The van der Waals surface area contributed by atoms with Crippen LogP contribution >= 0.6 is 11.6 Å². The molecule has 5 heteroatoms. The first kappa shape index (κ1) is 12.8. The summed E-state index contributed by atoms with van der Waals surface area (Å²) in [6, 6.07) is 11.5. The first-order chi connectivity index (χ1) is 9.67. The standard InChI is InChI=1S/C15H10ClFN2O/c1-20-11-5-6-13-12(8-11)14(16)19-15(18-13)9-3-2-4-10(17)7-9/h2-8H,1H3. The molecule has 0 saturated carbocycles. The smallest absolute Gasteiger partial charge is 0.161 e. The zero-order valence-corrected chi connectivity index (χ0v) is 11.4. The largest absolute Gasteiger partial charge is 0.497 e. The molecule has 3 aromatic rings. The first-order valence-electron chi connectivity index (χ1n) is 5.94. The number of halogens is 2. The predicted octanol–water partition coefficient (Wildman–Crippen LogP) is 4.10. The SMILES string of the molecule is COc1ccc2nc(-c3cccc(F)c3)nc(Cl)c2c1. The lowest BCUT2D eigenvalue weighted by molar-refractivity contribution is 0.415. The van der Waals surface area contributed by atoms with E-state index in [4.69, 9.17) is 16.3 Å². The van der Waals surface area contributed by atoms with Crippen LogP contribution in [0.4, 0.5) is 4.39 Å². The summed E-state index contributed by atoms with van der Waals surface area (Å²) in [5, 5.41) is 1.01. The molecular weight excluding hydrogens is 279 g/mol. The van der Waals surface area contributed by atoms with Crippen LogP contribution in [-0.2, 0) is 0 Å². The average Bonchev–Trinajstić information content (AvgIpc) is 2.47. The van der Waals surface area contributed by atoms with E-state index < -0.39 is 0 Å². The molecule has 0 spiro atoms. The number of hydrogen-bond acceptors (Lipinski definition) is 3. The fourth-order valence-electron chi connectivity index (χ4n) is 1.95. The molecule has 0 aliphatic heterocycles. The summed E-state index contributed by atoms with van der Waals surface area (Å²) < 4.78 is 18.4. The highest BCUT2D eigenvalue weighted by Crippen LogP contribution is 2.27. The number of fused-ring (bicyclic) bond motifs is 1. The van der Waals surface area contributed by atoms with Crippen LogP contribution < -0.4 is 4.74 Å². The van der Waals surface area contributed by atoms with Crippen molar-refractivity contribution >= 4 is 22.5 Å². The molecule has 0 saturated heterocycles. The molecule has 0 aliphatic carbocycles. The van der Waals surface area contributed by atoms with E-state index in [1.807, 2.05) is 0 Å².